The average molecular weight is 293 g/mol. The van der Waals surface area contributed by atoms with Crippen molar-refractivity contribution in [3.63, 3.8) is 0 Å². The lowest BCUT2D eigenvalue weighted by Gasteiger charge is -2.18. The van der Waals surface area contributed by atoms with Gasteiger partial charge in [-0.15, -0.1) is 0 Å². The monoisotopic (exact) mass is 293 g/mol. The summed E-state index contributed by atoms with van der Waals surface area (Å²) in [6, 6.07) is 2.20. The Morgan fingerprint density at radius 1 is 1.35 bits per heavy atom. The predicted octanol–water partition coefficient (Wildman–Crippen LogP) is 2.95. The Bertz CT molecular complexity index is 474. The van der Waals surface area contributed by atoms with Gasteiger partial charge in [-0.3, -0.25) is 4.79 Å². The van der Waals surface area contributed by atoms with Crippen LogP contribution in [0.15, 0.2) is 18.2 Å². The van der Waals surface area contributed by atoms with E-state index in [1.807, 2.05) is 0 Å². The highest BCUT2D eigenvalue weighted by Gasteiger charge is 2.34. The van der Waals surface area contributed by atoms with Crippen LogP contribution in [0.2, 0.25) is 0 Å². The number of nitrogens with zero attached hydrogens (tertiary/aromatic N) is 1. The second-order valence-electron chi connectivity index (χ2n) is 4.12. The number of carbonyl (C=O) groups is 1. The van der Waals surface area contributed by atoms with E-state index in [9.17, 15) is 22.4 Å². The molecular formula is C13H15F4NO2. The van der Waals surface area contributed by atoms with Crippen LogP contribution in [-0.4, -0.2) is 37.6 Å². The fourth-order valence-corrected chi connectivity index (χ4v) is 1.54. The molecule has 0 aliphatic carbocycles. The van der Waals surface area contributed by atoms with E-state index in [4.69, 9.17) is 4.74 Å². The van der Waals surface area contributed by atoms with Gasteiger partial charge in [0, 0.05) is 25.8 Å². The zero-order valence-electron chi connectivity index (χ0n) is 11.1. The summed E-state index contributed by atoms with van der Waals surface area (Å²) in [6.07, 6.45) is -4.83. The normalized spacial score (nSPS) is 11.5. The topological polar surface area (TPSA) is 29.5 Å². The molecule has 1 aromatic rings. The molecule has 1 rings (SSSR count). The van der Waals surface area contributed by atoms with Crippen LogP contribution < -0.4 is 0 Å². The van der Waals surface area contributed by atoms with Crippen LogP contribution in [0.3, 0.4) is 0 Å². The van der Waals surface area contributed by atoms with Crippen molar-refractivity contribution in [3.05, 3.63) is 35.1 Å². The SMILES string of the molecule is CCOCCN(C)C(=O)c1ccc(F)c(C(F)(F)F)c1. The zero-order valence-corrected chi connectivity index (χ0v) is 11.1. The van der Waals surface area contributed by atoms with Gasteiger partial charge in [0.1, 0.15) is 5.82 Å². The van der Waals surface area contributed by atoms with Crippen LogP contribution in [0, 0.1) is 5.82 Å². The first-order chi connectivity index (χ1) is 9.27. The molecule has 0 aromatic heterocycles. The minimum absolute atomic E-state index is 0.210. The average Bonchev–Trinajstić information content (AvgIpc) is 2.37. The van der Waals surface area contributed by atoms with Gasteiger partial charge in [0.25, 0.3) is 5.91 Å². The molecule has 0 saturated heterocycles. The van der Waals surface area contributed by atoms with Crippen molar-refractivity contribution in [1.29, 1.82) is 0 Å². The molecule has 0 spiro atoms. The van der Waals surface area contributed by atoms with Gasteiger partial charge < -0.3 is 9.64 Å². The number of amides is 1. The van der Waals surface area contributed by atoms with Crippen molar-refractivity contribution in [3.8, 4) is 0 Å². The summed E-state index contributed by atoms with van der Waals surface area (Å²) in [7, 11) is 1.44. The van der Waals surface area contributed by atoms with Gasteiger partial charge in [0.05, 0.1) is 12.2 Å². The van der Waals surface area contributed by atoms with Crippen molar-refractivity contribution >= 4 is 5.91 Å². The molecule has 0 N–H and O–H groups in total. The van der Waals surface area contributed by atoms with Crippen molar-refractivity contribution in [1.82, 2.24) is 4.90 Å². The van der Waals surface area contributed by atoms with E-state index in [0.717, 1.165) is 6.07 Å². The van der Waals surface area contributed by atoms with Crippen molar-refractivity contribution in [2.75, 3.05) is 26.8 Å². The predicted molar refractivity (Wildman–Crippen MR) is 64.9 cm³/mol. The fraction of sp³-hybridized carbons (Fsp3) is 0.462. The molecule has 1 aromatic carbocycles. The summed E-state index contributed by atoms with van der Waals surface area (Å²) in [5, 5.41) is 0. The molecule has 3 nitrogen and oxygen atoms in total. The number of halogens is 4. The number of benzene rings is 1. The quantitative estimate of drug-likeness (QED) is 0.617. The third kappa shape index (κ3) is 4.19. The second-order valence-corrected chi connectivity index (χ2v) is 4.12. The van der Waals surface area contributed by atoms with Crippen LogP contribution in [0.4, 0.5) is 17.6 Å². The van der Waals surface area contributed by atoms with Gasteiger partial charge in [0.2, 0.25) is 0 Å². The zero-order chi connectivity index (χ0) is 15.3. The van der Waals surface area contributed by atoms with Gasteiger partial charge in [0.15, 0.2) is 0 Å². The lowest BCUT2D eigenvalue weighted by atomic mass is 10.1. The lowest BCUT2D eigenvalue weighted by Crippen LogP contribution is -2.30. The van der Waals surface area contributed by atoms with E-state index in [1.165, 1.54) is 11.9 Å². The number of likely N-dealkylation sites (N-methyl/N-ethyl adjacent to an activating group) is 1. The summed E-state index contributed by atoms with van der Waals surface area (Å²) in [5.41, 5.74) is -1.65. The maximum atomic E-state index is 13.1. The maximum Gasteiger partial charge on any atom is 0.419 e. The van der Waals surface area contributed by atoms with Crippen molar-refractivity contribution < 1.29 is 27.1 Å². The van der Waals surface area contributed by atoms with Crippen LogP contribution >= 0.6 is 0 Å². The maximum absolute atomic E-state index is 13.1. The van der Waals surface area contributed by atoms with Crippen LogP contribution in [0.1, 0.15) is 22.8 Å². The minimum Gasteiger partial charge on any atom is -0.380 e. The number of rotatable bonds is 5. The summed E-state index contributed by atoms with van der Waals surface area (Å²) in [5.74, 6) is -2.01. The highest BCUT2D eigenvalue weighted by molar-refractivity contribution is 5.94. The molecular weight excluding hydrogens is 278 g/mol. The first-order valence-electron chi connectivity index (χ1n) is 5.97. The van der Waals surface area contributed by atoms with Gasteiger partial charge in [-0.25, -0.2) is 4.39 Å². The fourth-order valence-electron chi connectivity index (χ4n) is 1.54. The Kier molecular flexibility index (Phi) is 5.50. The van der Waals surface area contributed by atoms with E-state index in [-0.39, 0.29) is 18.7 Å². The smallest absolute Gasteiger partial charge is 0.380 e. The third-order valence-corrected chi connectivity index (χ3v) is 2.64. The van der Waals surface area contributed by atoms with Crippen molar-refractivity contribution in [2.45, 2.75) is 13.1 Å². The largest absolute Gasteiger partial charge is 0.419 e. The molecule has 20 heavy (non-hydrogen) atoms. The molecule has 7 heteroatoms. The number of alkyl halides is 3. The summed E-state index contributed by atoms with van der Waals surface area (Å²) in [4.78, 5) is 13.1. The summed E-state index contributed by atoms with van der Waals surface area (Å²) in [6.45, 7) is 2.80. The Balaban J connectivity index is 2.89. The van der Waals surface area contributed by atoms with Gasteiger partial charge >= 0.3 is 6.18 Å². The van der Waals surface area contributed by atoms with Crippen LogP contribution in [0.5, 0.6) is 0 Å². The number of carbonyl (C=O) groups excluding carboxylic acids is 1. The molecule has 0 saturated carbocycles. The highest BCUT2D eigenvalue weighted by Crippen LogP contribution is 2.32. The molecule has 0 aliphatic heterocycles. The molecule has 0 bridgehead atoms. The number of hydrogen-bond donors (Lipinski definition) is 0. The van der Waals surface area contributed by atoms with Crippen LogP contribution in [0.25, 0.3) is 0 Å². The molecule has 0 atom stereocenters. The van der Waals surface area contributed by atoms with E-state index >= 15 is 0 Å². The Hall–Kier alpha value is -1.63. The Labute approximate surface area is 114 Å². The van der Waals surface area contributed by atoms with E-state index in [2.05, 4.69) is 0 Å². The summed E-state index contributed by atoms with van der Waals surface area (Å²) < 4.78 is 55.8. The first kappa shape index (κ1) is 16.4. The molecule has 112 valence electrons. The minimum atomic E-state index is -4.83. The Morgan fingerprint density at radius 2 is 2.00 bits per heavy atom. The second kappa shape index (κ2) is 6.69. The van der Waals surface area contributed by atoms with E-state index in [0.29, 0.717) is 18.7 Å². The number of hydrogen-bond acceptors (Lipinski definition) is 2. The molecule has 1 amide bonds. The molecule has 0 radical (unpaired) electrons. The van der Waals surface area contributed by atoms with Gasteiger partial charge in [-0.1, -0.05) is 0 Å². The first-order valence-corrected chi connectivity index (χ1v) is 5.97. The van der Waals surface area contributed by atoms with Gasteiger partial charge in [-0.2, -0.15) is 13.2 Å². The molecule has 0 aliphatic rings. The highest BCUT2D eigenvalue weighted by atomic mass is 19.4. The van der Waals surface area contributed by atoms with Gasteiger partial charge in [-0.05, 0) is 25.1 Å². The van der Waals surface area contributed by atoms with E-state index in [1.54, 1.807) is 6.92 Å². The molecule has 0 unspecified atom stereocenters. The molecule has 0 fully saturated rings. The van der Waals surface area contributed by atoms with E-state index < -0.39 is 23.5 Å². The Morgan fingerprint density at radius 3 is 2.55 bits per heavy atom. The lowest BCUT2D eigenvalue weighted by molar-refractivity contribution is -0.140. The van der Waals surface area contributed by atoms with Crippen LogP contribution in [-0.2, 0) is 10.9 Å². The number of ether oxygens (including phenoxy) is 1. The summed E-state index contributed by atoms with van der Waals surface area (Å²) >= 11 is 0. The standard InChI is InChI=1S/C13H15F4NO2/c1-3-20-7-6-18(2)12(19)9-4-5-11(14)10(8-9)13(15,16)17/h4-5,8H,3,6-7H2,1-2H3. The molecule has 0 heterocycles. The third-order valence-electron chi connectivity index (χ3n) is 2.64. The van der Waals surface area contributed by atoms with Crippen molar-refractivity contribution in [2.24, 2.45) is 0 Å².